The number of ether oxygens (including phenoxy) is 1. The minimum absolute atomic E-state index is 0.266. The van der Waals surface area contributed by atoms with Gasteiger partial charge in [0.05, 0.1) is 12.2 Å². The smallest absolute Gasteiger partial charge is 0.0568 e. The van der Waals surface area contributed by atoms with Gasteiger partial charge in [-0.3, -0.25) is 0 Å². The molecule has 0 spiro atoms. The number of hydrogen-bond acceptors (Lipinski definition) is 2. The Bertz CT molecular complexity index is 221. The van der Waals surface area contributed by atoms with Gasteiger partial charge in [0.2, 0.25) is 0 Å². The Balaban J connectivity index is 4.43. The maximum Gasteiger partial charge on any atom is 0.0568 e. The van der Waals surface area contributed by atoms with Gasteiger partial charge in [-0.25, -0.2) is 0 Å². The molecule has 0 fully saturated rings. The molecular formula is C15H31NO. The molecule has 102 valence electrons. The molecule has 0 radical (unpaired) electrons. The highest BCUT2D eigenvalue weighted by molar-refractivity contribution is 5.09. The van der Waals surface area contributed by atoms with E-state index in [1.165, 1.54) is 5.57 Å². The van der Waals surface area contributed by atoms with E-state index >= 15 is 0 Å². The maximum atomic E-state index is 5.81. The lowest BCUT2D eigenvalue weighted by molar-refractivity contribution is 0.0101. The van der Waals surface area contributed by atoms with Crippen molar-refractivity contribution in [1.82, 2.24) is 5.32 Å². The molecule has 0 aromatic carbocycles. The summed E-state index contributed by atoms with van der Waals surface area (Å²) in [7, 11) is 0. The minimum Gasteiger partial charge on any atom is -0.376 e. The second-order valence-electron chi connectivity index (χ2n) is 5.83. The third-order valence-corrected chi connectivity index (χ3v) is 2.80. The first-order valence-electron chi connectivity index (χ1n) is 6.84. The third-order valence-electron chi connectivity index (χ3n) is 2.80. The highest BCUT2D eigenvalue weighted by Gasteiger charge is 2.19. The van der Waals surface area contributed by atoms with E-state index < -0.39 is 0 Å². The van der Waals surface area contributed by atoms with Crippen LogP contribution in [0, 0.1) is 5.92 Å². The number of rotatable bonds is 8. The van der Waals surface area contributed by atoms with Crippen molar-refractivity contribution in [2.75, 3.05) is 0 Å². The van der Waals surface area contributed by atoms with Crippen molar-refractivity contribution in [3.63, 3.8) is 0 Å². The second-order valence-corrected chi connectivity index (χ2v) is 5.83. The summed E-state index contributed by atoms with van der Waals surface area (Å²) in [6.45, 7) is 19.3. The fraction of sp³-hybridized carbons (Fsp3) is 0.867. The lowest BCUT2D eigenvalue weighted by Gasteiger charge is -2.29. The standard InChI is InChI=1S/C15H31NO/c1-10(2)14(8)15(16-11(3)4)9-13(7)17-12(5)6/h10-13,15-16H,8-9H2,1-7H3. The average Bonchev–Trinajstić information content (AvgIpc) is 2.13. The van der Waals surface area contributed by atoms with E-state index in [9.17, 15) is 0 Å². The van der Waals surface area contributed by atoms with Crippen LogP contribution in [0.25, 0.3) is 0 Å². The Morgan fingerprint density at radius 2 is 1.59 bits per heavy atom. The molecule has 0 saturated carbocycles. The summed E-state index contributed by atoms with van der Waals surface area (Å²) in [4.78, 5) is 0. The summed E-state index contributed by atoms with van der Waals surface area (Å²) in [5, 5.41) is 3.59. The summed E-state index contributed by atoms with van der Waals surface area (Å²) < 4.78 is 5.81. The van der Waals surface area contributed by atoms with Crippen LogP contribution >= 0.6 is 0 Å². The van der Waals surface area contributed by atoms with Gasteiger partial charge in [0, 0.05) is 12.1 Å². The molecule has 0 aliphatic rings. The molecule has 17 heavy (non-hydrogen) atoms. The molecule has 0 bridgehead atoms. The molecular weight excluding hydrogens is 210 g/mol. The highest BCUT2D eigenvalue weighted by Crippen LogP contribution is 2.18. The Hall–Kier alpha value is -0.340. The SMILES string of the molecule is C=C(C(C)C)C(CC(C)OC(C)C)NC(C)C. The maximum absolute atomic E-state index is 5.81. The van der Waals surface area contributed by atoms with Crippen LogP contribution in [0.5, 0.6) is 0 Å². The Morgan fingerprint density at radius 1 is 1.06 bits per heavy atom. The topological polar surface area (TPSA) is 21.3 Å². The van der Waals surface area contributed by atoms with Crippen molar-refractivity contribution in [3.8, 4) is 0 Å². The van der Waals surface area contributed by atoms with Gasteiger partial charge < -0.3 is 10.1 Å². The van der Waals surface area contributed by atoms with Gasteiger partial charge in [-0.1, -0.05) is 39.8 Å². The van der Waals surface area contributed by atoms with Gasteiger partial charge in [-0.2, -0.15) is 0 Å². The van der Waals surface area contributed by atoms with Gasteiger partial charge in [0.1, 0.15) is 0 Å². The monoisotopic (exact) mass is 241 g/mol. The summed E-state index contributed by atoms with van der Waals surface area (Å²) in [5.41, 5.74) is 1.28. The van der Waals surface area contributed by atoms with Crippen LogP contribution in [0.3, 0.4) is 0 Å². The largest absolute Gasteiger partial charge is 0.376 e. The van der Waals surface area contributed by atoms with Crippen molar-refractivity contribution < 1.29 is 4.74 Å². The molecule has 2 atom stereocenters. The van der Waals surface area contributed by atoms with Crippen LogP contribution in [0.4, 0.5) is 0 Å². The Kier molecular flexibility index (Phi) is 7.73. The molecule has 0 rings (SSSR count). The molecule has 2 unspecified atom stereocenters. The van der Waals surface area contributed by atoms with Crippen LogP contribution in [-0.2, 0) is 4.74 Å². The molecule has 0 saturated heterocycles. The first-order chi connectivity index (χ1) is 7.73. The molecule has 2 heteroatoms. The molecule has 0 aromatic rings. The van der Waals surface area contributed by atoms with Crippen molar-refractivity contribution in [2.45, 2.75) is 79.2 Å². The van der Waals surface area contributed by atoms with E-state index in [1.54, 1.807) is 0 Å². The van der Waals surface area contributed by atoms with E-state index in [0.717, 1.165) is 6.42 Å². The van der Waals surface area contributed by atoms with Crippen LogP contribution < -0.4 is 5.32 Å². The fourth-order valence-electron chi connectivity index (χ4n) is 1.98. The van der Waals surface area contributed by atoms with E-state index in [1.807, 2.05) is 0 Å². The van der Waals surface area contributed by atoms with Gasteiger partial charge >= 0.3 is 0 Å². The van der Waals surface area contributed by atoms with E-state index in [4.69, 9.17) is 4.74 Å². The molecule has 0 amide bonds. The quantitative estimate of drug-likeness (QED) is 0.653. The van der Waals surface area contributed by atoms with E-state index in [0.29, 0.717) is 18.0 Å². The fourth-order valence-corrected chi connectivity index (χ4v) is 1.98. The van der Waals surface area contributed by atoms with Crippen molar-refractivity contribution in [3.05, 3.63) is 12.2 Å². The zero-order valence-corrected chi connectivity index (χ0v) is 12.7. The van der Waals surface area contributed by atoms with Crippen molar-refractivity contribution >= 4 is 0 Å². The van der Waals surface area contributed by atoms with E-state index in [2.05, 4.69) is 60.4 Å². The third kappa shape index (κ3) is 7.56. The van der Waals surface area contributed by atoms with E-state index in [-0.39, 0.29) is 12.2 Å². The highest BCUT2D eigenvalue weighted by atomic mass is 16.5. The Labute approximate surface area is 108 Å². The lowest BCUT2D eigenvalue weighted by Crippen LogP contribution is -2.40. The van der Waals surface area contributed by atoms with Crippen LogP contribution in [0.1, 0.15) is 54.9 Å². The molecule has 2 nitrogen and oxygen atoms in total. The number of hydrogen-bond donors (Lipinski definition) is 1. The van der Waals surface area contributed by atoms with Crippen molar-refractivity contribution in [2.24, 2.45) is 5.92 Å². The van der Waals surface area contributed by atoms with Crippen LogP contribution in [-0.4, -0.2) is 24.3 Å². The summed E-state index contributed by atoms with van der Waals surface area (Å²) in [6.07, 6.45) is 1.55. The summed E-state index contributed by atoms with van der Waals surface area (Å²) >= 11 is 0. The zero-order valence-electron chi connectivity index (χ0n) is 12.7. The van der Waals surface area contributed by atoms with Crippen molar-refractivity contribution in [1.29, 1.82) is 0 Å². The van der Waals surface area contributed by atoms with Crippen LogP contribution in [0.2, 0.25) is 0 Å². The zero-order chi connectivity index (χ0) is 13.6. The predicted molar refractivity (Wildman–Crippen MR) is 76.3 cm³/mol. The molecule has 1 N–H and O–H groups in total. The van der Waals surface area contributed by atoms with Crippen LogP contribution in [0.15, 0.2) is 12.2 Å². The predicted octanol–water partition coefficient (Wildman–Crippen LogP) is 3.77. The number of nitrogens with one attached hydrogen (secondary N) is 1. The first-order valence-corrected chi connectivity index (χ1v) is 6.84. The minimum atomic E-state index is 0.266. The average molecular weight is 241 g/mol. The lowest BCUT2D eigenvalue weighted by atomic mass is 9.93. The van der Waals surface area contributed by atoms with Gasteiger partial charge in [-0.05, 0) is 33.1 Å². The van der Waals surface area contributed by atoms with Gasteiger partial charge in [-0.15, -0.1) is 0 Å². The normalized spacial score (nSPS) is 15.6. The molecule has 0 heterocycles. The second kappa shape index (κ2) is 7.88. The molecule has 0 aromatic heterocycles. The Morgan fingerprint density at radius 3 is 1.94 bits per heavy atom. The molecule has 0 aliphatic carbocycles. The van der Waals surface area contributed by atoms with Gasteiger partial charge in [0.15, 0.2) is 0 Å². The summed E-state index contributed by atoms with van der Waals surface area (Å²) in [5.74, 6) is 0.512. The van der Waals surface area contributed by atoms with Gasteiger partial charge in [0.25, 0.3) is 0 Å². The first kappa shape index (κ1) is 16.7. The summed E-state index contributed by atoms with van der Waals surface area (Å²) in [6, 6.07) is 0.825. The molecule has 0 aliphatic heterocycles.